The zero-order valence-electron chi connectivity index (χ0n) is 9.40. The molecule has 0 unspecified atom stereocenters. The minimum absolute atomic E-state index is 0.0388. The van der Waals surface area contributed by atoms with E-state index in [2.05, 4.69) is 10.4 Å². The maximum atomic E-state index is 11.9. The highest BCUT2D eigenvalue weighted by Crippen LogP contribution is 2.10. The van der Waals surface area contributed by atoms with E-state index in [1.165, 1.54) is 5.01 Å². The Hall–Kier alpha value is -1.43. The molecule has 0 bridgehead atoms. The van der Waals surface area contributed by atoms with Gasteiger partial charge in [-0.1, -0.05) is 0 Å². The molecule has 0 atom stereocenters. The van der Waals surface area contributed by atoms with Crippen LogP contribution in [0.1, 0.15) is 12.8 Å². The van der Waals surface area contributed by atoms with Gasteiger partial charge in [0.25, 0.3) is 0 Å². The Morgan fingerprint density at radius 1 is 1.44 bits per heavy atom. The normalized spacial score (nSPS) is 21.3. The molecule has 2 rings (SSSR count). The van der Waals surface area contributed by atoms with E-state index in [9.17, 15) is 9.59 Å². The molecule has 0 aromatic rings. The maximum absolute atomic E-state index is 11.9. The Balaban J connectivity index is 1.87. The van der Waals surface area contributed by atoms with Crippen molar-refractivity contribution in [2.45, 2.75) is 12.8 Å². The van der Waals surface area contributed by atoms with Crippen LogP contribution in [-0.2, 0) is 9.59 Å². The number of nitrogens with one attached hydrogen (secondary N) is 1. The number of rotatable bonds is 2. The minimum Gasteiger partial charge on any atom is -0.340 e. The summed E-state index contributed by atoms with van der Waals surface area (Å²) in [6.45, 7) is 3.18. The highest BCUT2D eigenvalue weighted by Gasteiger charge is 2.24. The molecular weight excluding hydrogens is 208 g/mol. The molecule has 0 radical (unpaired) electrons. The van der Waals surface area contributed by atoms with Gasteiger partial charge >= 0.3 is 0 Å². The van der Waals surface area contributed by atoms with Gasteiger partial charge in [-0.15, -0.1) is 0 Å². The molecule has 0 aromatic heterocycles. The fourth-order valence-corrected chi connectivity index (χ4v) is 1.89. The van der Waals surface area contributed by atoms with Gasteiger partial charge in [0, 0.05) is 33.2 Å². The zero-order chi connectivity index (χ0) is 11.5. The van der Waals surface area contributed by atoms with Crippen molar-refractivity contribution in [1.82, 2.24) is 15.2 Å². The third-order valence-electron chi connectivity index (χ3n) is 2.83. The Labute approximate surface area is 94.3 Å². The first-order valence-electron chi connectivity index (χ1n) is 5.48. The number of carbonyl (C=O) groups excluding carboxylic acids is 2. The maximum Gasteiger partial charge on any atom is 0.248 e. The van der Waals surface area contributed by atoms with Crippen LogP contribution in [0, 0.1) is 0 Å². The monoisotopic (exact) mass is 224 g/mol. The number of nitrogens with zero attached hydrogens (tertiary/aromatic N) is 3. The molecule has 1 N–H and O–H groups in total. The second-order valence-electron chi connectivity index (χ2n) is 4.07. The SMILES string of the molecule is CN1N=C(CC(=O)N2CCNCC2)CC1=O. The van der Waals surface area contributed by atoms with E-state index in [1.54, 1.807) is 7.05 Å². The van der Waals surface area contributed by atoms with Gasteiger partial charge in [0.15, 0.2) is 0 Å². The van der Waals surface area contributed by atoms with Gasteiger partial charge in [0.05, 0.1) is 18.6 Å². The summed E-state index contributed by atoms with van der Waals surface area (Å²) in [6.07, 6.45) is 0.560. The van der Waals surface area contributed by atoms with E-state index in [1.807, 2.05) is 4.90 Å². The van der Waals surface area contributed by atoms with Crippen LogP contribution in [0.25, 0.3) is 0 Å². The molecule has 0 saturated carbocycles. The average Bonchev–Trinajstić information content (AvgIpc) is 2.59. The van der Waals surface area contributed by atoms with Crippen LogP contribution in [-0.4, -0.2) is 60.7 Å². The lowest BCUT2D eigenvalue weighted by Gasteiger charge is -2.27. The summed E-state index contributed by atoms with van der Waals surface area (Å²) in [5.74, 6) is 0.0338. The third kappa shape index (κ3) is 2.38. The highest BCUT2D eigenvalue weighted by atomic mass is 16.2. The summed E-state index contributed by atoms with van der Waals surface area (Å²) < 4.78 is 0. The molecule has 2 aliphatic heterocycles. The lowest BCUT2D eigenvalue weighted by Crippen LogP contribution is -2.46. The van der Waals surface area contributed by atoms with Crippen LogP contribution in [0.4, 0.5) is 0 Å². The molecule has 88 valence electrons. The first-order chi connectivity index (χ1) is 7.66. The van der Waals surface area contributed by atoms with Crippen molar-refractivity contribution in [3.05, 3.63) is 0 Å². The molecule has 6 nitrogen and oxygen atoms in total. The Morgan fingerprint density at radius 3 is 2.69 bits per heavy atom. The Morgan fingerprint density at radius 2 is 2.12 bits per heavy atom. The van der Waals surface area contributed by atoms with Crippen LogP contribution < -0.4 is 5.32 Å². The van der Waals surface area contributed by atoms with Crippen molar-refractivity contribution in [2.24, 2.45) is 5.10 Å². The highest BCUT2D eigenvalue weighted by molar-refractivity contribution is 6.11. The van der Waals surface area contributed by atoms with Crippen molar-refractivity contribution >= 4 is 17.5 Å². The Kier molecular flexibility index (Phi) is 3.19. The molecule has 2 amide bonds. The van der Waals surface area contributed by atoms with Crippen LogP contribution >= 0.6 is 0 Å². The molecule has 2 heterocycles. The van der Waals surface area contributed by atoms with E-state index < -0.39 is 0 Å². The van der Waals surface area contributed by atoms with Gasteiger partial charge < -0.3 is 10.2 Å². The van der Waals surface area contributed by atoms with Crippen LogP contribution in [0.15, 0.2) is 5.10 Å². The second kappa shape index (κ2) is 4.61. The van der Waals surface area contributed by atoms with Crippen LogP contribution in [0.5, 0.6) is 0 Å². The van der Waals surface area contributed by atoms with Crippen LogP contribution in [0.2, 0.25) is 0 Å². The van der Waals surface area contributed by atoms with Gasteiger partial charge in [0.1, 0.15) is 0 Å². The first-order valence-corrected chi connectivity index (χ1v) is 5.48. The standard InChI is InChI=1S/C10H16N4O2/c1-13-9(15)6-8(12-13)7-10(16)14-4-2-11-3-5-14/h11H,2-7H2,1H3. The third-order valence-corrected chi connectivity index (χ3v) is 2.83. The lowest BCUT2D eigenvalue weighted by molar-refractivity contribution is -0.130. The van der Waals surface area contributed by atoms with E-state index in [-0.39, 0.29) is 24.7 Å². The molecule has 0 aliphatic carbocycles. The summed E-state index contributed by atoms with van der Waals surface area (Å²) >= 11 is 0. The number of amides is 2. The van der Waals surface area contributed by atoms with E-state index in [0.29, 0.717) is 5.71 Å². The largest absolute Gasteiger partial charge is 0.340 e. The first kappa shape index (κ1) is 11.1. The van der Waals surface area contributed by atoms with Crippen molar-refractivity contribution in [1.29, 1.82) is 0 Å². The Bertz CT molecular complexity index is 334. The molecule has 0 spiro atoms. The fraction of sp³-hybridized carbons (Fsp3) is 0.700. The lowest BCUT2D eigenvalue weighted by atomic mass is 10.2. The number of piperazine rings is 1. The molecule has 16 heavy (non-hydrogen) atoms. The number of carbonyl (C=O) groups is 2. The summed E-state index contributed by atoms with van der Waals surface area (Å²) in [6, 6.07) is 0. The fourth-order valence-electron chi connectivity index (χ4n) is 1.89. The summed E-state index contributed by atoms with van der Waals surface area (Å²) in [5, 5.41) is 8.54. The minimum atomic E-state index is -0.0388. The average molecular weight is 224 g/mol. The predicted molar refractivity (Wildman–Crippen MR) is 58.9 cm³/mol. The quantitative estimate of drug-likeness (QED) is 0.656. The van der Waals surface area contributed by atoms with Gasteiger partial charge in [-0.25, -0.2) is 5.01 Å². The molecule has 1 saturated heterocycles. The smallest absolute Gasteiger partial charge is 0.248 e. The van der Waals surface area contributed by atoms with E-state index in [0.717, 1.165) is 26.2 Å². The number of hydrogen-bond donors (Lipinski definition) is 1. The van der Waals surface area contributed by atoms with Crippen molar-refractivity contribution in [3.63, 3.8) is 0 Å². The topological polar surface area (TPSA) is 65.0 Å². The summed E-state index contributed by atoms with van der Waals surface area (Å²) in [4.78, 5) is 24.9. The van der Waals surface area contributed by atoms with Gasteiger partial charge in [-0.2, -0.15) is 5.10 Å². The van der Waals surface area contributed by atoms with E-state index in [4.69, 9.17) is 0 Å². The van der Waals surface area contributed by atoms with Crippen LogP contribution in [0.3, 0.4) is 0 Å². The van der Waals surface area contributed by atoms with Crippen molar-refractivity contribution < 1.29 is 9.59 Å². The van der Waals surface area contributed by atoms with Crippen molar-refractivity contribution in [2.75, 3.05) is 33.2 Å². The molecule has 6 heteroatoms. The zero-order valence-corrected chi connectivity index (χ0v) is 9.40. The van der Waals surface area contributed by atoms with Gasteiger partial charge in [0.2, 0.25) is 11.8 Å². The summed E-state index contributed by atoms with van der Waals surface area (Å²) in [7, 11) is 1.62. The van der Waals surface area contributed by atoms with E-state index >= 15 is 0 Å². The molecule has 1 fully saturated rings. The van der Waals surface area contributed by atoms with Gasteiger partial charge in [-0.05, 0) is 0 Å². The second-order valence-corrected chi connectivity index (χ2v) is 4.07. The summed E-state index contributed by atoms with van der Waals surface area (Å²) in [5.41, 5.74) is 0.677. The number of hydrogen-bond acceptors (Lipinski definition) is 4. The predicted octanol–water partition coefficient (Wildman–Crippen LogP) is -0.974. The number of hydrazone groups is 1. The van der Waals surface area contributed by atoms with Crippen molar-refractivity contribution in [3.8, 4) is 0 Å². The molecule has 2 aliphatic rings. The van der Waals surface area contributed by atoms with Gasteiger partial charge in [-0.3, -0.25) is 9.59 Å². The molecular formula is C10H16N4O2. The molecule has 0 aromatic carbocycles.